The van der Waals surface area contributed by atoms with Gasteiger partial charge in [-0.25, -0.2) is 4.79 Å². The third-order valence-corrected chi connectivity index (χ3v) is 3.56. The monoisotopic (exact) mass is 281 g/mol. The second-order valence-corrected chi connectivity index (χ2v) is 5.30. The summed E-state index contributed by atoms with van der Waals surface area (Å²) in [6.45, 7) is 1.78. The molecule has 2 N–H and O–H groups in total. The minimum atomic E-state index is -0.984. The van der Waals surface area contributed by atoms with Gasteiger partial charge in [0, 0.05) is 0 Å². The fourth-order valence-corrected chi connectivity index (χ4v) is 2.15. The van der Waals surface area contributed by atoms with Gasteiger partial charge in [-0.1, -0.05) is 30.3 Å². The van der Waals surface area contributed by atoms with E-state index < -0.39 is 12.0 Å². The molecule has 2 atom stereocenters. The van der Waals surface area contributed by atoms with E-state index in [2.05, 4.69) is 5.32 Å². The Balaban J connectivity index is 2.64. The van der Waals surface area contributed by atoms with E-state index in [1.54, 1.807) is 18.7 Å². The molecule has 0 saturated heterocycles. The maximum Gasteiger partial charge on any atom is 0.326 e. The summed E-state index contributed by atoms with van der Waals surface area (Å²) in [6, 6.07) is 8.52. The maximum atomic E-state index is 12.0. The van der Waals surface area contributed by atoms with Crippen molar-refractivity contribution in [2.45, 2.75) is 25.3 Å². The van der Waals surface area contributed by atoms with Crippen molar-refractivity contribution in [3.63, 3.8) is 0 Å². The zero-order valence-corrected chi connectivity index (χ0v) is 11.9. The molecule has 0 aliphatic heterocycles. The van der Waals surface area contributed by atoms with Crippen molar-refractivity contribution in [2.24, 2.45) is 0 Å². The number of aliphatic carboxylic acids is 1. The Kier molecular flexibility index (Phi) is 6.42. The molecule has 0 spiro atoms. The van der Waals surface area contributed by atoms with E-state index in [-0.39, 0.29) is 11.8 Å². The summed E-state index contributed by atoms with van der Waals surface area (Å²) < 4.78 is 0. The van der Waals surface area contributed by atoms with Crippen molar-refractivity contribution < 1.29 is 14.7 Å². The third kappa shape index (κ3) is 4.95. The number of rotatable bonds is 7. The van der Waals surface area contributed by atoms with E-state index in [9.17, 15) is 9.59 Å². The Bertz CT molecular complexity index is 422. The number of carbonyl (C=O) groups excluding carboxylic acids is 1. The smallest absolute Gasteiger partial charge is 0.326 e. The van der Waals surface area contributed by atoms with Crippen LogP contribution >= 0.6 is 11.8 Å². The van der Waals surface area contributed by atoms with E-state index in [0.717, 1.165) is 5.56 Å². The summed E-state index contributed by atoms with van der Waals surface area (Å²) >= 11 is 1.56. The molecule has 1 rings (SSSR count). The molecule has 0 fully saturated rings. The van der Waals surface area contributed by atoms with Crippen LogP contribution in [0.1, 0.15) is 24.8 Å². The van der Waals surface area contributed by atoms with Crippen LogP contribution in [0, 0.1) is 0 Å². The van der Waals surface area contributed by atoms with Gasteiger partial charge >= 0.3 is 5.97 Å². The van der Waals surface area contributed by atoms with Gasteiger partial charge in [0.05, 0.1) is 5.92 Å². The molecule has 104 valence electrons. The Morgan fingerprint density at radius 2 is 1.95 bits per heavy atom. The molecule has 1 aromatic carbocycles. The highest BCUT2D eigenvalue weighted by molar-refractivity contribution is 7.98. The van der Waals surface area contributed by atoms with Crippen molar-refractivity contribution in [2.75, 3.05) is 12.0 Å². The molecular weight excluding hydrogens is 262 g/mol. The first-order valence-electron chi connectivity index (χ1n) is 6.13. The first-order valence-corrected chi connectivity index (χ1v) is 7.52. The van der Waals surface area contributed by atoms with E-state index in [0.29, 0.717) is 12.2 Å². The quantitative estimate of drug-likeness (QED) is 0.803. The van der Waals surface area contributed by atoms with Crippen LogP contribution in [-0.4, -0.2) is 35.0 Å². The molecule has 1 amide bonds. The Morgan fingerprint density at radius 1 is 1.32 bits per heavy atom. The number of hydrogen-bond acceptors (Lipinski definition) is 3. The van der Waals surface area contributed by atoms with Gasteiger partial charge in [-0.15, -0.1) is 0 Å². The molecule has 4 nitrogen and oxygen atoms in total. The molecule has 0 bridgehead atoms. The van der Waals surface area contributed by atoms with Gasteiger partial charge in [0.2, 0.25) is 5.91 Å². The lowest BCUT2D eigenvalue weighted by Gasteiger charge is -2.17. The lowest BCUT2D eigenvalue weighted by molar-refractivity contribution is -0.142. The first kappa shape index (κ1) is 15.6. The highest BCUT2D eigenvalue weighted by Crippen LogP contribution is 2.15. The number of carboxylic acid groups (broad SMARTS) is 1. The van der Waals surface area contributed by atoms with Gasteiger partial charge < -0.3 is 10.4 Å². The van der Waals surface area contributed by atoms with Crippen molar-refractivity contribution in [1.29, 1.82) is 0 Å². The van der Waals surface area contributed by atoms with Gasteiger partial charge in [-0.05, 0) is 30.9 Å². The Hall–Kier alpha value is -1.49. The molecule has 0 radical (unpaired) electrons. The van der Waals surface area contributed by atoms with Crippen molar-refractivity contribution in [3.05, 3.63) is 35.9 Å². The number of amides is 1. The highest BCUT2D eigenvalue weighted by atomic mass is 32.2. The molecule has 0 aliphatic rings. The second kappa shape index (κ2) is 7.84. The van der Waals surface area contributed by atoms with Crippen LogP contribution in [0.4, 0.5) is 0 Å². The fourth-order valence-electron chi connectivity index (χ4n) is 1.68. The third-order valence-electron chi connectivity index (χ3n) is 2.92. The molecule has 0 aromatic heterocycles. The zero-order chi connectivity index (χ0) is 14.3. The number of carbonyl (C=O) groups is 2. The van der Waals surface area contributed by atoms with Gasteiger partial charge in [0.25, 0.3) is 0 Å². The van der Waals surface area contributed by atoms with Gasteiger partial charge in [0.1, 0.15) is 6.04 Å². The molecule has 1 aromatic rings. The van der Waals surface area contributed by atoms with Crippen LogP contribution in [0.2, 0.25) is 0 Å². The molecule has 0 aliphatic carbocycles. The predicted octanol–water partition coefficient (Wildman–Crippen LogP) is 2.11. The summed E-state index contributed by atoms with van der Waals surface area (Å²) in [6.07, 6.45) is 2.34. The molecule has 19 heavy (non-hydrogen) atoms. The average Bonchev–Trinajstić information content (AvgIpc) is 2.43. The first-order chi connectivity index (χ1) is 9.06. The van der Waals surface area contributed by atoms with Gasteiger partial charge in [-0.2, -0.15) is 11.8 Å². The van der Waals surface area contributed by atoms with Crippen LogP contribution in [-0.2, 0) is 9.59 Å². The SMILES string of the molecule is CSCC[C@@H](NC(=O)C(C)c1ccccc1)C(=O)O. The zero-order valence-electron chi connectivity index (χ0n) is 11.1. The standard InChI is InChI=1S/C14H19NO3S/c1-10(11-6-4-3-5-7-11)13(16)15-12(14(17)18)8-9-19-2/h3-7,10,12H,8-9H2,1-2H3,(H,15,16)(H,17,18)/t10?,12-/m1/s1. The van der Waals surface area contributed by atoms with E-state index in [1.165, 1.54) is 0 Å². The number of benzene rings is 1. The van der Waals surface area contributed by atoms with Crippen LogP contribution < -0.4 is 5.32 Å². The minimum Gasteiger partial charge on any atom is -0.480 e. The molecule has 0 heterocycles. The van der Waals surface area contributed by atoms with Crippen molar-refractivity contribution in [3.8, 4) is 0 Å². The lowest BCUT2D eigenvalue weighted by atomic mass is 10.00. The normalized spacial score (nSPS) is 13.6. The number of thioether (sulfide) groups is 1. The molecule has 0 saturated carbocycles. The summed E-state index contributed by atoms with van der Waals surface area (Å²) in [4.78, 5) is 23.1. The van der Waals surface area contributed by atoms with Crippen LogP contribution in [0.15, 0.2) is 30.3 Å². The van der Waals surface area contributed by atoms with Crippen molar-refractivity contribution in [1.82, 2.24) is 5.32 Å². The molecule has 5 heteroatoms. The van der Waals surface area contributed by atoms with Crippen LogP contribution in [0.3, 0.4) is 0 Å². The summed E-state index contributed by atoms with van der Waals surface area (Å²) in [5.74, 6) is -0.878. The summed E-state index contributed by atoms with van der Waals surface area (Å²) in [5.41, 5.74) is 0.883. The second-order valence-electron chi connectivity index (χ2n) is 4.31. The number of hydrogen-bond donors (Lipinski definition) is 2. The van der Waals surface area contributed by atoms with Crippen LogP contribution in [0.25, 0.3) is 0 Å². The summed E-state index contributed by atoms with van der Waals surface area (Å²) in [7, 11) is 0. The molecular formula is C14H19NO3S. The van der Waals surface area contributed by atoms with Gasteiger partial charge in [0.15, 0.2) is 0 Å². The summed E-state index contributed by atoms with van der Waals surface area (Å²) in [5, 5.41) is 11.7. The highest BCUT2D eigenvalue weighted by Gasteiger charge is 2.23. The number of nitrogens with one attached hydrogen (secondary N) is 1. The van der Waals surface area contributed by atoms with Crippen LogP contribution in [0.5, 0.6) is 0 Å². The minimum absolute atomic E-state index is 0.250. The Labute approximate surface area is 117 Å². The van der Waals surface area contributed by atoms with E-state index in [4.69, 9.17) is 5.11 Å². The molecule has 1 unspecified atom stereocenters. The topological polar surface area (TPSA) is 66.4 Å². The fraction of sp³-hybridized carbons (Fsp3) is 0.429. The average molecular weight is 281 g/mol. The largest absolute Gasteiger partial charge is 0.480 e. The van der Waals surface area contributed by atoms with Crippen molar-refractivity contribution >= 4 is 23.6 Å². The van der Waals surface area contributed by atoms with E-state index >= 15 is 0 Å². The number of carboxylic acids is 1. The predicted molar refractivity (Wildman–Crippen MR) is 77.4 cm³/mol. The maximum absolute atomic E-state index is 12.0. The van der Waals surface area contributed by atoms with E-state index in [1.807, 2.05) is 36.6 Å². The Morgan fingerprint density at radius 3 is 2.47 bits per heavy atom. The lowest BCUT2D eigenvalue weighted by Crippen LogP contribution is -2.42. The van der Waals surface area contributed by atoms with Gasteiger partial charge in [-0.3, -0.25) is 4.79 Å².